The van der Waals surface area contributed by atoms with E-state index < -0.39 is 11.6 Å². The molecule has 1 aliphatic carbocycles. The van der Waals surface area contributed by atoms with Crippen LogP contribution in [-0.4, -0.2) is 23.8 Å². The normalized spacial score (nSPS) is 21.1. The molecule has 0 spiro atoms. The molecule has 1 saturated carbocycles. The smallest absolute Gasteiger partial charge is 0.338 e. The molecule has 2 aromatic carbocycles. The van der Waals surface area contributed by atoms with Gasteiger partial charge in [0, 0.05) is 12.8 Å². The number of esters is 1. The van der Waals surface area contributed by atoms with E-state index in [-0.39, 0.29) is 18.1 Å². The molecule has 2 aliphatic rings. The maximum Gasteiger partial charge on any atom is 0.338 e. The minimum absolute atomic E-state index is 0.121. The van der Waals surface area contributed by atoms with Gasteiger partial charge in [-0.3, -0.25) is 0 Å². The van der Waals surface area contributed by atoms with Crippen LogP contribution in [0.25, 0.3) is 0 Å². The first kappa shape index (κ1) is 23.2. The predicted octanol–water partition coefficient (Wildman–Crippen LogP) is 6.08. The van der Waals surface area contributed by atoms with Crippen LogP contribution in [0.5, 0.6) is 5.75 Å². The molecule has 0 saturated heterocycles. The Morgan fingerprint density at radius 2 is 1.88 bits per heavy atom. The summed E-state index contributed by atoms with van der Waals surface area (Å²) in [5.41, 5.74) is 2.05. The van der Waals surface area contributed by atoms with Gasteiger partial charge in [-0.1, -0.05) is 42.6 Å². The maximum atomic E-state index is 13.1. The second-order valence-corrected chi connectivity index (χ2v) is 9.40. The molecular weight excluding hydrogens is 438 g/mol. The molecule has 6 heteroatoms. The number of methoxy groups -OCH3 is 1. The minimum Gasteiger partial charge on any atom is -0.512 e. The van der Waals surface area contributed by atoms with E-state index >= 15 is 0 Å². The van der Waals surface area contributed by atoms with Crippen LogP contribution in [0, 0.1) is 17.2 Å². The van der Waals surface area contributed by atoms with Crippen molar-refractivity contribution in [3.63, 3.8) is 0 Å². The second-order valence-electron chi connectivity index (χ2n) is 8.99. The molecule has 1 fully saturated rings. The van der Waals surface area contributed by atoms with E-state index in [1.54, 1.807) is 31.4 Å². The van der Waals surface area contributed by atoms with Gasteiger partial charge in [-0.2, -0.15) is 5.26 Å². The van der Waals surface area contributed by atoms with Gasteiger partial charge in [0.25, 0.3) is 0 Å². The van der Waals surface area contributed by atoms with Gasteiger partial charge >= 0.3 is 5.97 Å². The van der Waals surface area contributed by atoms with Gasteiger partial charge in [0.05, 0.1) is 29.3 Å². The number of carbonyl (C=O) groups is 1. The first-order chi connectivity index (χ1) is 15.9. The molecule has 1 heterocycles. The Balaban J connectivity index is 1.56. The molecule has 33 heavy (non-hydrogen) atoms. The Morgan fingerprint density at radius 3 is 2.48 bits per heavy atom. The number of hydrogen-bond acceptors (Lipinski definition) is 5. The quantitative estimate of drug-likeness (QED) is 0.501. The molecule has 0 bridgehead atoms. The number of ether oxygens (including phenoxy) is 2. The summed E-state index contributed by atoms with van der Waals surface area (Å²) in [6.07, 6.45) is 6.14. The Morgan fingerprint density at radius 1 is 1.18 bits per heavy atom. The number of rotatable bonds is 7. The SMILES string of the molecule is COc1ccc(CCC2(C3CCCC3)CC(O)=C(Cc3ccc(C#N)cc3)C(=O)O2)cc1Cl. The monoisotopic (exact) mass is 465 g/mol. The van der Waals surface area contributed by atoms with E-state index in [1.807, 2.05) is 18.2 Å². The average Bonchev–Trinajstić information content (AvgIpc) is 3.36. The van der Waals surface area contributed by atoms with Crippen LogP contribution < -0.4 is 4.74 Å². The molecule has 2 aromatic rings. The third kappa shape index (κ3) is 5.02. The van der Waals surface area contributed by atoms with Crippen LogP contribution in [-0.2, 0) is 22.4 Å². The molecule has 5 nitrogen and oxygen atoms in total. The van der Waals surface area contributed by atoms with Crippen molar-refractivity contribution in [2.24, 2.45) is 5.92 Å². The van der Waals surface area contributed by atoms with Crippen molar-refractivity contribution in [2.75, 3.05) is 7.11 Å². The lowest BCUT2D eigenvalue weighted by Crippen LogP contribution is -2.46. The summed E-state index contributed by atoms with van der Waals surface area (Å²) in [6, 6.07) is 14.8. The number of aliphatic hydroxyl groups excluding tert-OH is 1. The lowest BCUT2D eigenvalue weighted by atomic mass is 9.76. The van der Waals surface area contributed by atoms with Gasteiger partial charge in [-0.05, 0) is 67.0 Å². The van der Waals surface area contributed by atoms with Crippen LogP contribution in [0.3, 0.4) is 0 Å². The number of nitrogens with zero attached hydrogens (tertiary/aromatic N) is 1. The molecule has 0 radical (unpaired) electrons. The van der Waals surface area contributed by atoms with E-state index in [2.05, 4.69) is 6.07 Å². The lowest BCUT2D eigenvalue weighted by Gasteiger charge is -2.42. The molecule has 1 atom stereocenters. The number of nitriles is 1. The largest absolute Gasteiger partial charge is 0.512 e. The highest BCUT2D eigenvalue weighted by atomic mass is 35.5. The molecule has 1 unspecified atom stereocenters. The van der Waals surface area contributed by atoms with Crippen LogP contribution >= 0.6 is 11.6 Å². The molecule has 4 rings (SSSR count). The third-order valence-corrected chi connectivity index (χ3v) is 7.27. The fourth-order valence-corrected chi connectivity index (χ4v) is 5.39. The molecule has 1 N–H and O–H groups in total. The van der Waals surface area contributed by atoms with Gasteiger partial charge in [0.2, 0.25) is 0 Å². The Bertz CT molecular complexity index is 1100. The number of benzene rings is 2. The van der Waals surface area contributed by atoms with Crippen LogP contribution in [0.4, 0.5) is 0 Å². The van der Waals surface area contributed by atoms with Gasteiger partial charge in [0.15, 0.2) is 0 Å². The van der Waals surface area contributed by atoms with Crippen LogP contribution in [0.1, 0.15) is 55.2 Å². The highest BCUT2D eigenvalue weighted by molar-refractivity contribution is 6.32. The standard InChI is InChI=1S/C27H28ClNO4/c1-32-25-11-10-19(15-23(25)28)12-13-27(21-4-2-3-5-21)16-24(30)22(26(31)33-27)14-18-6-8-20(17-29)9-7-18/h6-11,15,21,30H,2-5,12-14,16H2,1H3. The van der Waals surface area contributed by atoms with Crippen molar-refractivity contribution in [2.45, 2.75) is 57.0 Å². The lowest BCUT2D eigenvalue weighted by molar-refractivity contribution is -0.167. The Kier molecular flexibility index (Phi) is 6.95. The summed E-state index contributed by atoms with van der Waals surface area (Å²) in [5, 5.41) is 20.5. The summed E-state index contributed by atoms with van der Waals surface area (Å²) in [5.74, 6) is 0.537. The molecular formula is C27H28ClNO4. The first-order valence-corrected chi connectivity index (χ1v) is 11.8. The van der Waals surface area contributed by atoms with Crippen molar-refractivity contribution >= 4 is 17.6 Å². The Hall–Kier alpha value is -2.97. The van der Waals surface area contributed by atoms with Crippen molar-refractivity contribution in [3.05, 3.63) is 75.5 Å². The fourth-order valence-electron chi connectivity index (χ4n) is 5.11. The average molecular weight is 466 g/mol. The summed E-state index contributed by atoms with van der Waals surface area (Å²) >= 11 is 6.30. The van der Waals surface area contributed by atoms with Gasteiger partial charge < -0.3 is 14.6 Å². The van der Waals surface area contributed by atoms with E-state index in [1.165, 1.54) is 0 Å². The third-order valence-electron chi connectivity index (χ3n) is 6.97. The van der Waals surface area contributed by atoms with Crippen LogP contribution in [0.2, 0.25) is 5.02 Å². The van der Waals surface area contributed by atoms with Crippen molar-refractivity contribution in [3.8, 4) is 11.8 Å². The van der Waals surface area contributed by atoms with E-state index in [0.29, 0.717) is 41.2 Å². The van der Waals surface area contributed by atoms with Gasteiger partial charge in [-0.25, -0.2) is 4.79 Å². The maximum absolute atomic E-state index is 13.1. The summed E-state index contributed by atoms with van der Waals surface area (Å²) in [7, 11) is 1.59. The zero-order valence-electron chi connectivity index (χ0n) is 18.8. The van der Waals surface area contributed by atoms with E-state index in [0.717, 1.165) is 36.8 Å². The highest BCUT2D eigenvalue weighted by Crippen LogP contribution is 2.46. The fraction of sp³-hybridized carbons (Fsp3) is 0.407. The minimum atomic E-state index is -0.710. The molecule has 0 aromatic heterocycles. The van der Waals surface area contributed by atoms with Crippen molar-refractivity contribution in [1.82, 2.24) is 0 Å². The molecule has 1 aliphatic heterocycles. The second kappa shape index (κ2) is 9.89. The summed E-state index contributed by atoms with van der Waals surface area (Å²) in [6.45, 7) is 0. The van der Waals surface area contributed by atoms with Crippen molar-refractivity contribution < 1.29 is 19.4 Å². The number of hydrogen-bond donors (Lipinski definition) is 1. The van der Waals surface area contributed by atoms with E-state index in [9.17, 15) is 9.90 Å². The number of halogens is 1. The van der Waals surface area contributed by atoms with Gasteiger partial charge in [-0.15, -0.1) is 0 Å². The van der Waals surface area contributed by atoms with Crippen molar-refractivity contribution in [1.29, 1.82) is 5.26 Å². The number of cyclic esters (lactones) is 1. The number of aliphatic hydroxyl groups is 1. The summed E-state index contributed by atoms with van der Waals surface area (Å²) < 4.78 is 11.4. The van der Waals surface area contributed by atoms with Crippen LogP contribution in [0.15, 0.2) is 53.8 Å². The summed E-state index contributed by atoms with van der Waals surface area (Å²) in [4.78, 5) is 13.1. The zero-order chi connectivity index (χ0) is 23.4. The molecule has 0 amide bonds. The molecule has 172 valence electrons. The number of carbonyl (C=O) groups excluding carboxylic acids is 1. The Labute approximate surface area is 199 Å². The topological polar surface area (TPSA) is 79.5 Å². The highest BCUT2D eigenvalue weighted by Gasteiger charge is 2.47. The first-order valence-electron chi connectivity index (χ1n) is 11.4. The number of aryl methyl sites for hydroxylation is 1. The predicted molar refractivity (Wildman–Crippen MR) is 126 cm³/mol. The zero-order valence-corrected chi connectivity index (χ0v) is 19.5. The van der Waals surface area contributed by atoms with E-state index in [4.69, 9.17) is 26.3 Å². The van der Waals surface area contributed by atoms with Gasteiger partial charge in [0.1, 0.15) is 17.1 Å².